The molecule has 3 nitrogen and oxygen atoms in total. The van der Waals surface area contributed by atoms with E-state index in [9.17, 15) is 4.79 Å². The van der Waals surface area contributed by atoms with Crippen LogP contribution >= 0.6 is 22.6 Å². The summed E-state index contributed by atoms with van der Waals surface area (Å²) in [5.41, 5.74) is 2.63. The van der Waals surface area contributed by atoms with Gasteiger partial charge in [0.05, 0.1) is 5.69 Å². The number of aryl methyl sites for hydroxylation is 2. The molecule has 4 heteroatoms. The van der Waals surface area contributed by atoms with Crippen LogP contribution in [0.3, 0.4) is 0 Å². The number of carbonyl (C=O) groups excluding carboxylic acids is 1. The Bertz CT molecular complexity index is 596. The number of benzene rings is 1. The minimum absolute atomic E-state index is 0.133. The Morgan fingerprint density at radius 3 is 2.67 bits per heavy atom. The first-order valence-electron chi connectivity index (χ1n) is 5.57. The summed E-state index contributed by atoms with van der Waals surface area (Å²) in [6, 6.07) is 11.2. The summed E-state index contributed by atoms with van der Waals surface area (Å²) >= 11 is 2.22. The lowest BCUT2D eigenvalue weighted by molar-refractivity contribution is 0.102. The lowest BCUT2D eigenvalue weighted by Crippen LogP contribution is -2.13. The van der Waals surface area contributed by atoms with Crippen LogP contribution in [0.15, 0.2) is 36.4 Å². The largest absolute Gasteiger partial charge is 0.307 e. The lowest BCUT2D eigenvalue weighted by Gasteiger charge is -2.06. The first-order valence-corrected chi connectivity index (χ1v) is 6.65. The van der Waals surface area contributed by atoms with Gasteiger partial charge in [-0.1, -0.05) is 17.7 Å². The summed E-state index contributed by atoms with van der Waals surface area (Å²) in [6.45, 7) is 3.88. The number of nitrogens with one attached hydrogen (secondary N) is 1. The molecule has 0 aliphatic heterocycles. The predicted molar refractivity (Wildman–Crippen MR) is 80.8 cm³/mol. The molecule has 92 valence electrons. The van der Waals surface area contributed by atoms with Gasteiger partial charge in [0.15, 0.2) is 0 Å². The number of hydrogen-bond donors (Lipinski definition) is 1. The van der Waals surface area contributed by atoms with Crippen molar-refractivity contribution < 1.29 is 4.79 Å². The molecule has 2 aromatic rings. The van der Waals surface area contributed by atoms with Gasteiger partial charge in [-0.25, -0.2) is 4.98 Å². The van der Waals surface area contributed by atoms with E-state index < -0.39 is 0 Å². The number of hydrogen-bond acceptors (Lipinski definition) is 2. The van der Waals surface area contributed by atoms with Crippen molar-refractivity contribution in [3.8, 4) is 0 Å². The summed E-state index contributed by atoms with van der Waals surface area (Å²) in [7, 11) is 0. The highest BCUT2D eigenvalue weighted by Crippen LogP contribution is 2.13. The van der Waals surface area contributed by atoms with E-state index in [1.807, 2.05) is 44.2 Å². The van der Waals surface area contributed by atoms with Crippen molar-refractivity contribution in [1.29, 1.82) is 0 Å². The first-order chi connectivity index (χ1) is 8.56. The van der Waals surface area contributed by atoms with Gasteiger partial charge in [0.2, 0.25) is 0 Å². The van der Waals surface area contributed by atoms with Gasteiger partial charge in [-0.3, -0.25) is 4.79 Å². The van der Waals surface area contributed by atoms with Crippen molar-refractivity contribution in [1.82, 2.24) is 4.98 Å². The van der Waals surface area contributed by atoms with Crippen molar-refractivity contribution in [2.45, 2.75) is 13.8 Å². The fourth-order valence-electron chi connectivity index (χ4n) is 1.59. The minimum atomic E-state index is -0.133. The van der Waals surface area contributed by atoms with E-state index in [-0.39, 0.29) is 5.91 Å². The van der Waals surface area contributed by atoms with E-state index in [1.165, 1.54) is 0 Å². The molecule has 1 amide bonds. The molecule has 1 heterocycles. The summed E-state index contributed by atoms with van der Waals surface area (Å²) in [5.74, 6) is 0.450. The zero-order chi connectivity index (χ0) is 13.1. The van der Waals surface area contributed by atoms with Gasteiger partial charge in [-0.2, -0.15) is 0 Å². The van der Waals surface area contributed by atoms with E-state index >= 15 is 0 Å². The van der Waals surface area contributed by atoms with Crippen molar-refractivity contribution in [3.05, 3.63) is 56.8 Å². The van der Waals surface area contributed by atoms with E-state index in [4.69, 9.17) is 0 Å². The molecule has 0 aliphatic rings. The van der Waals surface area contributed by atoms with Crippen LogP contribution in [0, 0.1) is 17.4 Å². The van der Waals surface area contributed by atoms with Crippen LogP contribution in [0.25, 0.3) is 0 Å². The molecular formula is C14H13IN2O. The molecule has 0 fully saturated rings. The van der Waals surface area contributed by atoms with Crippen molar-refractivity contribution in [2.75, 3.05) is 5.32 Å². The zero-order valence-electron chi connectivity index (χ0n) is 10.2. The Morgan fingerprint density at radius 2 is 2.00 bits per heavy atom. The van der Waals surface area contributed by atoms with Crippen LogP contribution in [0.2, 0.25) is 0 Å². The summed E-state index contributed by atoms with van der Waals surface area (Å²) in [5, 5.41) is 2.80. The quantitative estimate of drug-likeness (QED) is 0.840. The molecule has 0 spiro atoms. The van der Waals surface area contributed by atoms with Crippen LogP contribution < -0.4 is 5.32 Å². The number of rotatable bonds is 2. The normalized spacial score (nSPS) is 10.2. The van der Waals surface area contributed by atoms with Gasteiger partial charge in [0, 0.05) is 9.13 Å². The third-order valence-electron chi connectivity index (χ3n) is 2.54. The second-order valence-electron chi connectivity index (χ2n) is 4.09. The molecule has 0 unspecified atom stereocenters. The fraction of sp³-hybridized carbons (Fsp3) is 0.143. The third-order valence-corrected chi connectivity index (χ3v) is 3.68. The van der Waals surface area contributed by atoms with E-state index in [0.29, 0.717) is 11.4 Å². The van der Waals surface area contributed by atoms with Crippen LogP contribution in [-0.2, 0) is 0 Å². The molecule has 2 rings (SSSR count). The molecule has 0 aliphatic carbocycles. The maximum Gasteiger partial charge on any atom is 0.256 e. The van der Waals surface area contributed by atoms with E-state index in [0.717, 1.165) is 14.8 Å². The van der Waals surface area contributed by atoms with Crippen LogP contribution in [-0.4, -0.2) is 10.9 Å². The highest BCUT2D eigenvalue weighted by Gasteiger charge is 2.07. The Balaban J connectivity index is 2.18. The second kappa shape index (κ2) is 5.48. The maximum absolute atomic E-state index is 12.0. The highest BCUT2D eigenvalue weighted by atomic mass is 127. The summed E-state index contributed by atoms with van der Waals surface area (Å²) in [6.07, 6.45) is 0. The number of carbonyl (C=O) groups is 1. The first kappa shape index (κ1) is 13.0. The van der Waals surface area contributed by atoms with Crippen LogP contribution in [0.1, 0.15) is 21.6 Å². The third kappa shape index (κ3) is 3.07. The van der Waals surface area contributed by atoms with Gasteiger partial charge in [0.1, 0.15) is 5.82 Å². The van der Waals surface area contributed by atoms with Crippen molar-refractivity contribution in [2.24, 2.45) is 0 Å². The van der Waals surface area contributed by atoms with E-state index in [2.05, 4.69) is 32.9 Å². The molecule has 1 aromatic heterocycles. The Labute approximate surface area is 120 Å². The molecule has 0 saturated carbocycles. The maximum atomic E-state index is 12.0. The highest BCUT2D eigenvalue weighted by molar-refractivity contribution is 14.1. The van der Waals surface area contributed by atoms with Crippen LogP contribution in [0.4, 0.5) is 5.82 Å². The predicted octanol–water partition coefficient (Wildman–Crippen LogP) is 3.56. The molecule has 1 aromatic carbocycles. The minimum Gasteiger partial charge on any atom is -0.307 e. The SMILES string of the molecule is Cc1cccc(C(=O)Nc2ccc(I)c(C)n2)c1. The molecular weight excluding hydrogens is 339 g/mol. The van der Waals surface area contributed by atoms with Crippen molar-refractivity contribution in [3.63, 3.8) is 0 Å². The Hall–Kier alpha value is -1.43. The van der Waals surface area contributed by atoms with E-state index in [1.54, 1.807) is 6.07 Å². The van der Waals surface area contributed by atoms with Gasteiger partial charge in [-0.05, 0) is 60.7 Å². The number of halogens is 1. The van der Waals surface area contributed by atoms with Gasteiger partial charge < -0.3 is 5.32 Å². The van der Waals surface area contributed by atoms with Gasteiger partial charge in [-0.15, -0.1) is 0 Å². The van der Waals surface area contributed by atoms with Crippen LogP contribution in [0.5, 0.6) is 0 Å². The van der Waals surface area contributed by atoms with Crippen molar-refractivity contribution >= 4 is 34.3 Å². The Kier molecular flexibility index (Phi) is 3.96. The molecule has 18 heavy (non-hydrogen) atoms. The molecule has 0 radical (unpaired) electrons. The number of amides is 1. The monoisotopic (exact) mass is 352 g/mol. The smallest absolute Gasteiger partial charge is 0.256 e. The fourth-order valence-corrected chi connectivity index (χ4v) is 1.89. The molecule has 0 saturated heterocycles. The molecule has 0 bridgehead atoms. The number of pyridine rings is 1. The topological polar surface area (TPSA) is 42.0 Å². The zero-order valence-corrected chi connectivity index (χ0v) is 12.4. The second-order valence-corrected chi connectivity index (χ2v) is 5.25. The number of aromatic nitrogens is 1. The summed E-state index contributed by atoms with van der Waals surface area (Å²) in [4.78, 5) is 16.3. The van der Waals surface area contributed by atoms with Gasteiger partial charge >= 0.3 is 0 Å². The standard InChI is InChI=1S/C14H13IN2O/c1-9-4-3-5-11(8-9)14(18)17-13-7-6-12(15)10(2)16-13/h3-8H,1-2H3,(H,16,17,18). The number of anilines is 1. The molecule has 0 atom stereocenters. The average molecular weight is 352 g/mol. The average Bonchev–Trinajstić information content (AvgIpc) is 2.34. The summed E-state index contributed by atoms with van der Waals surface area (Å²) < 4.78 is 1.08. The Morgan fingerprint density at radius 1 is 1.22 bits per heavy atom. The van der Waals surface area contributed by atoms with Gasteiger partial charge in [0.25, 0.3) is 5.91 Å². The molecule has 1 N–H and O–H groups in total. The lowest BCUT2D eigenvalue weighted by atomic mass is 10.1. The number of nitrogens with zero attached hydrogens (tertiary/aromatic N) is 1.